The number of aromatic nitrogens is 3. The Morgan fingerprint density at radius 1 is 1.27 bits per heavy atom. The van der Waals surface area contributed by atoms with E-state index in [2.05, 4.69) is 29.9 Å². The predicted octanol–water partition coefficient (Wildman–Crippen LogP) is 4.15. The highest BCUT2D eigenvalue weighted by Gasteiger charge is 2.14. The summed E-state index contributed by atoms with van der Waals surface area (Å²) in [7, 11) is 0. The van der Waals surface area contributed by atoms with Crippen LogP contribution >= 0.6 is 0 Å². The molecular formula is C20H20N4O2. The quantitative estimate of drug-likeness (QED) is 0.677. The summed E-state index contributed by atoms with van der Waals surface area (Å²) in [6, 6.07) is 11.0. The molecule has 0 bridgehead atoms. The highest BCUT2D eigenvalue weighted by Crippen LogP contribution is 2.28. The zero-order valence-electron chi connectivity index (χ0n) is 14.8. The molecule has 1 aromatic carbocycles. The van der Waals surface area contributed by atoms with Crippen LogP contribution in [0.2, 0.25) is 0 Å². The molecule has 0 saturated heterocycles. The van der Waals surface area contributed by atoms with Crippen molar-refractivity contribution in [2.75, 3.05) is 6.61 Å². The zero-order valence-corrected chi connectivity index (χ0v) is 14.8. The van der Waals surface area contributed by atoms with Crippen LogP contribution in [-0.4, -0.2) is 26.5 Å². The first-order valence-electron chi connectivity index (χ1n) is 8.45. The number of rotatable bonds is 6. The van der Waals surface area contributed by atoms with E-state index >= 15 is 0 Å². The first kappa shape index (κ1) is 17.5. The number of imidazole rings is 1. The van der Waals surface area contributed by atoms with Gasteiger partial charge >= 0.3 is 0 Å². The molecule has 0 unspecified atom stereocenters. The van der Waals surface area contributed by atoms with E-state index in [9.17, 15) is 10.5 Å². The Morgan fingerprint density at radius 3 is 2.81 bits per heavy atom. The molecule has 0 spiro atoms. The van der Waals surface area contributed by atoms with Gasteiger partial charge in [0.2, 0.25) is 0 Å². The zero-order chi connectivity index (χ0) is 18.5. The number of ether oxygens (including phenoxy) is 1. The van der Waals surface area contributed by atoms with Crippen LogP contribution in [0.25, 0.3) is 22.6 Å². The average molecular weight is 348 g/mol. The maximum Gasteiger partial charge on any atom is 0.175 e. The molecule has 3 aromatic rings. The van der Waals surface area contributed by atoms with Crippen LogP contribution in [0.1, 0.15) is 25.8 Å². The summed E-state index contributed by atoms with van der Waals surface area (Å²) >= 11 is 0. The van der Waals surface area contributed by atoms with Crippen molar-refractivity contribution in [2.24, 2.45) is 5.92 Å². The summed E-state index contributed by atoms with van der Waals surface area (Å²) in [6.45, 7) is 4.81. The fraction of sp³-hybridized carbons (Fsp3) is 0.250. The van der Waals surface area contributed by atoms with E-state index in [4.69, 9.17) is 4.74 Å². The van der Waals surface area contributed by atoms with Gasteiger partial charge in [-0.25, -0.2) is 4.98 Å². The number of nitrogens with zero attached hydrogens (tertiary/aromatic N) is 4. The molecule has 6 nitrogen and oxygen atoms in total. The lowest BCUT2D eigenvalue weighted by Crippen LogP contribution is -2.03. The molecule has 3 rings (SSSR count). The van der Waals surface area contributed by atoms with Crippen molar-refractivity contribution in [3.8, 4) is 34.5 Å². The third-order valence-electron chi connectivity index (χ3n) is 3.96. The minimum Gasteiger partial charge on any atom is -0.492 e. The average Bonchev–Trinajstić information content (AvgIpc) is 3.04. The summed E-state index contributed by atoms with van der Waals surface area (Å²) in [5.41, 5.74) is 2.45. The van der Waals surface area contributed by atoms with E-state index in [-0.39, 0.29) is 0 Å². The first-order valence-corrected chi connectivity index (χ1v) is 8.45. The second kappa shape index (κ2) is 7.70. The molecule has 1 N–H and O–H groups in total. The van der Waals surface area contributed by atoms with Gasteiger partial charge in [0.15, 0.2) is 5.82 Å². The largest absolute Gasteiger partial charge is 0.492 e. The number of hydrogen-bond donors (Lipinski definition) is 1. The molecule has 0 atom stereocenters. The molecule has 0 aliphatic heterocycles. The lowest BCUT2D eigenvalue weighted by molar-refractivity contribution is 0.191. The Hall–Kier alpha value is -3.33. The van der Waals surface area contributed by atoms with Gasteiger partial charge in [0.25, 0.3) is 0 Å². The molecule has 26 heavy (non-hydrogen) atoms. The van der Waals surface area contributed by atoms with Crippen molar-refractivity contribution >= 4 is 0 Å². The van der Waals surface area contributed by atoms with Crippen molar-refractivity contribution in [3.63, 3.8) is 0 Å². The maximum absolute atomic E-state index is 10.2. The summed E-state index contributed by atoms with van der Waals surface area (Å²) in [4.78, 5) is 8.53. The summed E-state index contributed by atoms with van der Waals surface area (Å²) in [5.74, 6) is 1.43. The Balaban J connectivity index is 1.88. The topological polar surface area (TPSA) is 84.0 Å². The van der Waals surface area contributed by atoms with E-state index < -0.39 is 0 Å². The van der Waals surface area contributed by atoms with Gasteiger partial charge in [-0.2, -0.15) is 9.99 Å². The van der Waals surface area contributed by atoms with Crippen LogP contribution in [0.5, 0.6) is 5.75 Å². The third kappa shape index (κ3) is 3.83. The molecule has 0 aliphatic rings. The van der Waals surface area contributed by atoms with Gasteiger partial charge in [-0.3, -0.25) is 4.98 Å². The molecule has 0 amide bonds. The predicted molar refractivity (Wildman–Crippen MR) is 97.7 cm³/mol. The molecule has 6 heteroatoms. The number of nitriles is 1. The minimum absolute atomic E-state index is 0.356. The SMILES string of the molecule is CC(C)CCOc1ccc(-c2nc(-c3cccnc3)cn2O)cc1C#N. The van der Waals surface area contributed by atoms with Crippen molar-refractivity contribution in [2.45, 2.75) is 20.3 Å². The van der Waals surface area contributed by atoms with Crippen LogP contribution in [0, 0.1) is 17.2 Å². The maximum atomic E-state index is 10.2. The van der Waals surface area contributed by atoms with Gasteiger partial charge in [0.1, 0.15) is 11.8 Å². The summed E-state index contributed by atoms with van der Waals surface area (Å²) < 4.78 is 6.67. The number of hydrogen-bond acceptors (Lipinski definition) is 5. The van der Waals surface area contributed by atoms with Gasteiger partial charge < -0.3 is 9.94 Å². The highest BCUT2D eigenvalue weighted by molar-refractivity contribution is 5.66. The monoisotopic (exact) mass is 348 g/mol. The molecule has 132 valence electrons. The minimum atomic E-state index is 0.356. The Morgan fingerprint density at radius 2 is 2.12 bits per heavy atom. The smallest absolute Gasteiger partial charge is 0.175 e. The van der Waals surface area contributed by atoms with Crippen LogP contribution in [0.15, 0.2) is 48.9 Å². The normalized spacial score (nSPS) is 10.7. The number of pyridine rings is 1. The second-order valence-corrected chi connectivity index (χ2v) is 6.39. The first-order chi connectivity index (χ1) is 12.6. The highest BCUT2D eigenvalue weighted by atomic mass is 16.5. The fourth-order valence-electron chi connectivity index (χ4n) is 2.51. The molecule has 0 radical (unpaired) electrons. The van der Waals surface area contributed by atoms with Crippen LogP contribution in [0.3, 0.4) is 0 Å². The summed E-state index contributed by atoms with van der Waals surface area (Å²) in [6.07, 6.45) is 5.80. The van der Waals surface area contributed by atoms with E-state index in [1.54, 1.807) is 30.6 Å². The molecule has 2 aromatic heterocycles. The standard InChI is InChI=1S/C20H20N4O2/c1-14(2)7-9-26-19-6-5-15(10-17(19)11-21)20-23-18(13-24(20)25)16-4-3-8-22-12-16/h3-6,8,10,12-14,25H,7,9H2,1-2H3. The van der Waals surface area contributed by atoms with E-state index in [1.807, 2.05) is 12.1 Å². The van der Waals surface area contributed by atoms with Crippen LogP contribution in [-0.2, 0) is 0 Å². The Kier molecular flexibility index (Phi) is 5.18. The molecule has 0 fully saturated rings. The second-order valence-electron chi connectivity index (χ2n) is 6.39. The molecule has 0 aliphatic carbocycles. The lowest BCUT2D eigenvalue weighted by atomic mass is 10.1. The van der Waals surface area contributed by atoms with Crippen molar-refractivity contribution < 1.29 is 9.94 Å². The van der Waals surface area contributed by atoms with Crippen molar-refractivity contribution in [1.82, 2.24) is 14.7 Å². The molecule has 2 heterocycles. The van der Waals surface area contributed by atoms with Crippen molar-refractivity contribution in [3.05, 3.63) is 54.5 Å². The Labute approximate surface area is 152 Å². The van der Waals surface area contributed by atoms with E-state index in [1.165, 1.54) is 6.20 Å². The van der Waals surface area contributed by atoms with Gasteiger partial charge in [0.05, 0.1) is 24.1 Å². The van der Waals surface area contributed by atoms with Gasteiger partial charge in [-0.1, -0.05) is 13.8 Å². The Bertz CT molecular complexity index is 927. The lowest BCUT2D eigenvalue weighted by Gasteiger charge is -2.10. The van der Waals surface area contributed by atoms with Crippen LogP contribution in [0.4, 0.5) is 0 Å². The van der Waals surface area contributed by atoms with Crippen molar-refractivity contribution in [1.29, 1.82) is 5.26 Å². The van der Waals surface area contributed by atoms with E-state index in [0.29, 0.717) is 40.9 Å². The van der Waals surface area contributed by atoms with Gasteiger partial charge in [-0.05, 0) is 42.7 Å². The molecule has 0 saturated carbocycles. The third-order valence-corrected chi connectivity index (χ3v) is 3.96. The van der Waals surface area contributed by atoms with E-state index in [0.717, 1.165) is 16.7 Å². The van der Waals surface area contributed by atoms with Gasteiger partial charge in [-0.15, -0.1) is 0 Å². The fourth-order valence-corrected chi connectivity index (χ4v) is 2.51. The summed E-state index contributed by atoms with van der Waals surface area (Å²) in [5, 5.41) is 19.6. The molecular weight excluding hydrogens is 328 g/mol. The number of benzene rings is 1. The van der Waals surface area contributed by atoms with Crippen LogP contribution < -0.4 is 4.74 Å². The van der Waals surface area contributed by atoms with Gasteiger partial charge in [0, 0.05) is 23.5 Å².